The summed E-state index contributed by atoms with van der Waals surface area (Å²) < 4.78 is 0. The van der Waals surface area contributed by atoms with Crippen LogP contribution in [0.2, 0.25) is 0 Å². The molecule has 1 aliphatic rings. The lowest BCUT2D eigenvalue weighted by molar-refractivity contribution is 0.00987. The molecule has 2 unspecified atom stereocenters. The lowest BCUT2D eigenvalue weighted by atomic mass is 9.92. The van der Waals surface area contributed by atoms with E-state index in [9.17, 15) is 5.11 Å². The smallest absolute Gasteiger partial charge is 0.112 e. The van der Waals surface area contributed by atoms with Crippen LogP contribution < -0.4 is 5.73 Å². The van der Waals surface area contributed by atoms with Crippen LogP contribution in [0.4, 0.5) is 0 Å². The second-order valence-corrected chi connectivity index (χ2v) is 4.77. The minimum atomic E-state index is -0.780. The standard InChI is InChI=1S/C9H14N2OS/c1-9(12,6-2-3-6)7(10)8-11-4-5-13-8/h4-7,12H,2-3,10H2,1H3. The molecule has 1 aromatic rings. The summed E-state index contributed by atoms with van der Waals surface area (Å²) in [5, 5.41) is 12.9. The van der Waals surface area contributed by atoms with Gasteiger partial charge in [-0.3, -0.25) is 0 Å². The molecule has 1 heterocycles. The van der Waals surface area contributed by atoms with Gasteiger partial charge in [-0.2, -0.15) is 0 Å². The molecule has 2 atom stereocenters. The van der Waals surface area contributed by atoms with Gasteiger partial charge in [0.25, 0.3) is 0 Å². The van der Waals surface area contributed by atoms with E-state index in [4.69, 9.17) is 5.73 Å². The SMILES string of the molecule is CC(O)(C1CC1)C(N)c1nccs1. The predicted octanol–water partition coefficient (Wildman–Crippen LogP) is 1.30. The molecule has 3 nitrogen and oxygen atoms in total. The fourth-order valence-electron chi connectivity index (χ4n) is 1.56. The number of aliphatic hydroxyl groups is 1. The molecule has 3 N–H and O–H groups in total. The molecule has 2 rings (SSSR count). The monoisotopic (exact) mass is 198 g/mol. The Morgan fingerprint density at radius 2 is 2.46 bits per heavy atom. The fourth-order valence-corrected chi connectivity index (χ4v) is 2.33. The summed E-state index contributed by atoms with van der Waals surface area (Å²) in [5.74, 6) is 0.367. The first-order valence-electron chi connectivity index (χ1n) is 4.49. The molecular formula is C9H14N2OS. The molecule has 1 aliphatic carbocycles. The van der Waals surface area contributed by atoms with E-state index in [0.29, 0.717) is 5.92 Å². The van der Waals surface area contributed by atoms with E-state index >= 15 is 0 Å². The third kappa shape index (κ3) is 1.61. The van der Waals surface area contributed by atoms with Crippen molar-refractivity contribution in [1.82, 2.24) is 4.98 Å². The summed E-state index contributed by atoms with van der Waals surface area (Å²) in [6.45, 7) is 1.82. The van der Waals surface area contributed by atoms with Crippen LogP contribution in [0.3, 0.4) is 0 Å². The number of aromatic nitrogens is 1. The molecule has 1 aromatic heterocycles. The van der Waals surface area contributed by atoms with Gasteiger partial charge in [-0.25, -0.2) is 4.98 Å². The Balaban J connectivity index is 2.15. The Kier molecular flexibility index (Phi) is 2.14. The third-order valence-corrected chi connectivity index (χ3v) is 3.61. The van der Waals surface area contributed by atoms with Crippen LogP contribution in [0.25, 0.3) is 0 Å². The highest BCUT2D eigenvalue weighted by atomic mass is 32.1. The van der Waals surface area contributed by atoms with Crippen LogP contribution in [0, 0.1) is 5.92 Å². The van der Waals surface area contributed by atoms with Gasteiger partial charge in [0.05, 0.1) is 11.6 Å². The molecule has 0 amide bonds. The molecule has 0 bridgehead atoms. The Morgan fingerprint density at radius 3 is 2.92 bits per heavy atom. The summed E-state index contributed by atoms with van der Waals surface area (Å²) >= 11 is 1.51. The van der Waals surface area contributed by atoms with Crippen molar-refractivity contribution in [2.24, 2.45) is 11.7 Å². The molecule has 0 aromatic carbocycles. The summed E-state index contributed by atoms with van der Waals surface area (Å²) in [5.41, 5.74) is 5.18. The lowest BCUT2D eigenvalue weighted by Gasteiger charge is -2.28. The van der Waals surface area contributed by atoms with E-state index in [-0.39, 0.29) is 6.04 Å². The maximum absolute atomic E-state index is 10.1. The van der Waals surface area contributed by atoms with Crippen LogP contribution in [0.1, 0.15) is 30.8 Å². The fraction of sp³-hybridized carbons (Fsp3) is 0.667. The lowest BCUT2D eigenvalue weighted by Crippen LogP contribution is -2.40. The number of thiazole rings is 1. The predicted molar refractivity (Wildman–Crippen MR) is 52.4 cm³/mol. The highest BCUT2D eigenvalue weighted by molar-refractivity contribution is 7.09. The zero-order chi connectivity index (χ0) is 9.47. The van der Waals surface area contributed by atoms with Crippen molar-refractivity contribution in [1.29, 1.82) is 0 Å². The molecule has 72 valence electrons. The molecule has 0 aliphatic heterocycles. The molecule has 0 radical (unpaired) electrons. The van der Waals surface area contributed by atoms with Gasteiger partial charge in [0, 0.05) is 11.6 Å². The number of rotatable bonds is 3. The topological polar surface area (TPSA) is 59.1 Å². The Labute approximate surface area is 81.6 Å². The van der Waals surface area contributed by atoms with Crippen LogP contribution in [0.5, 0.6) is 0 Å². The van der Waals surface area contributed by atoms with E-state index in [2.05, 4.69) is 4.98 Å². The van der Waals surface area contributed by atoms with Crippen molar-refractivity contribution in [3.8, 4) is 0 Å². The van der Waals surface area contributed by atoms with Crippen LogP contribution in [0.15, 0.2) is 11.6 Å². The van der Waals surface area contributed by atoms with Gasteiger partial charge < -0.3 is 10.8 Å². The zero-order valence-corrected chi connectivity index (χ0v) is 8.42. The number of nitrogens with two attached hydrogens (primary N) is 1. The normalized spacial score (nSPS) is 23.9. The first kappa shape index (κ1) is 9.12. The van der Waals surface area contributed by atoms with Crippen molar-refractivity contribution in [2.75, 3.05) is 0 Å². The van der Waals surface area contributed by atoms with Crippen molar-refractivity contribution >= 4 is 11.3 Å². The van der Waals surface area contributed by atoms with E-state index < -0.39 is 5.60 Å². The van der Waals surface area contributed by atoms with Gasteiger partial charge in [-0.15, -0.1) is 11.3 Å². The van der Waals surface area contributed by atoms with E-state index in [1.165, 1.54) is 11.3 Å². The first-order chi connectivity index (χ1) is 6.12. The van der Waals surface area contributed by atoms with Gasteiger partial charge in [0.2, 0.25) is 0 Å². The molecule has 1 saturated carbocycles. The van der Waals surface area contributed by atoms with Gasteiger partial charge in [-0.05, 0) is 25.7 Å². The molecule has 1 fully saturated rings. The summed E-state index contributed by atoms with van der Waals surface area (Å²) in [4.78, 5) is 4.13. The number of hydrogen-bond donors (Lipinski definition) is 2. The highest BCUT2D eigenvalue weighted by Gasteiger charge is 2.45. The second kappa shape index (κ2) is 3.04. The van der Waals surface area contributed by atoms with Crippen molar-refractivity contribution in [3.05, 3.63) is 16.6 Å². The van der Waals surface area contributed by atoms with Crippen molar-refractivity contribution < 1.29 is 5.11 Å². The Bertz CT molecular complexity index is 280. The van der Waals surface area contributed by atoms with Gasteiger partial charge in [0.15, 0.2) is 0 Å². The Hall–Kier alpha value is -0.450. The number of hydrogen-bond acceptors (Lipinski definition) is 4. The molecule has 0 spiro atoms. The summed E-state index contributed by atoms with van der Waals surface area (Å²) in [6, 6.07) is -0.333. The Morgan fingerprint density at radius 1 is 1.77 bits per heavy atom. The van der Waals surface area contributed by atoms with Crippen molar-refractivity contribution in [3.63, 3.8) is 0 Å². The first-order valence-corrected chi connectivity index (χ1v) is 5.37. The average Bonchev–Trinajstić information content (AvgIpc) is 2.82. The quantitative estimate of drug-likeness (QED) is 0.769. The molecule has 13 heavy (non-hydrogen) atoms. The zero-order valence-electron chi connectivity index (χ0n) is 7.60. The molecule has 0 saturated heterocycles. The average molecular weight is 198 g/mol. The van der Waals surface area contributed by atoms with Crippen LogP contribution in [-0.2, 0) is 0 Å². The maximum Gasteiger partial charge on any atom is 0.112 e. The molecular weight excluding hydrogens is 184 g/mol. The van der Waals surface area contributed by atoms with E-state index in [0.717, 1.165) is 17.8 Å². The number of nitrogens with zero attached hydrogens (tertiary/aromatic N) is 1. The molecule has 4 heteroatoms. The highest BCUT2D eigenvalue weighted by Crippen LogP contribution is 2.45. The van der Waals surface area contributed by atoms with E-state index in [1.807, 2.05) is 12.3 Å². The van der Waals surface area contributed by atoms with Gasteiger partial charge in [-0.1, -0.05) is 0 Å². The maximum atomic E-state index is 10.1. The van der Waals surface area contributed by atoms with Gasteiger partial charge in [0.1, 0.15) is 5.01 Å². The van der Waals surface area contributed by atoms with Crippen LogP contribution in [-0.4, -0.2) is 15.7 Å². The summed E-state index contributed by atoms with van der Waals surface area (Å²) in [7, 11) is 0. The van der Waals surface area contributed by atoms with E-state index in [1.54, 1.807) is 6.20 Å². The van der Waals surface area contributed by atoms with Crippen LogP contribution >= 0.6 is 11.3 Å². The summed E-state index contributed by atoms with van der Waals surface area (Å²) in [6.07, 6.45) is 3.90. The minimum absolute atomic E-state index is 0.333. The minimum Gasteiger partial charge on any atom is -0.388 e. The second-order valence-electron chi connectivity index (χ2n) is 3.85. The van der Waals surface area contributed by atoms with Gasteiger partial charge >= 0.3 is 0 Å². The third-order valence-electron chi connectivity index (χ3n) is 2.75. The van der Waals surface area contributed by atoms with Crippen molar-refractivity contribution in [2.45, 2.75) is 31.4 Å². The largest absolute Gasteiger partial charge is 0.388 e.